The van der Waals surface area contributed by atoms with E-state index in [0.29, 0.717) is 17.5 Å². The third-order valence-corrected chi connectivity index (χ3v) is 8.40. The average molecular weight is 474 g/mol. The normalized spacial score (nSPS) is 16.4. The molecule has 0 aromatic carbocycles. The Morgan fingerprint density at radius 1 is 1.23 bits per heavy atom. The van der Waals surface area contributed by atoms with E-state index in [2.05, 4.69) is 56.3 Å². The standard InChI is InChI=1S/C21H23N5O2S3/c1-3-15-13(2)10-17(31-15)20-24-22-18(28-20)12-30-21-25-23-19(16-7-5-9-29-16)26(21)11-14-6-4-8-27-14/h5,7,9-10,14H,3-4,6,8,11-12H2,1-2H3/t14-/m0/s1. The van der Waals surface area contributed by atoms with Gasteiger partial charge in [0.2, 0.25) is 5.89 Å². The lowest BCUT2D eigenvalue weighted by Crippen LogP contribution is -2.16. The van der Waals surface area contributed by atoms with E-state index in [9.17, 15) is 0 Å². The first kappa shape index (κ1) is 20.9. The summed E-state index contributed by atoms with van der Waals surface area (Å²) in [4.78, 5) is 3.49. The molecule has 1 aliphatic rings. The van der Waals surface area contributed by atoms with Crippen LogP contribution in [0.15, 0.2) is 33.2 Å². The first-order valence-electron chi connectivity index (χ1n) is 10.3. The first-order chi connectivity index (χ1) is 15.2. The summed E-state index contributed by atoms with van der Waals surface area (Å²) in [6.07, 6.45) is 3.40. The topological polar surface area (TPSA) is 78.9 Å². The lowest BCUT2D eigenvalue weighted by Gasteiger charge is -2.13. The Balaban J connectivity index is 1.33. The number of ether oxygens (including phenoxy) is 1. The van der Waals surface area contributed by atoms with Crippen LogP contribution in [0.3, 0.4) is 0 Å². The van der Waals surface area contributed by atoms with Gasteiger partial charge in [0, 0.05) is 11.5 Å². The molecule has 7 nitrogen and oxygen atoms in total. The fourth-order valence-corrected chi connectivity index (χ4v) is 6.19. The Kier molecular flexibility index (Phi) is 6.22. The molecule has 0 aliphatic carbocycles. The van der Waals surface area contributed by atoms with Gasteiger partial charge in [-0.3, -0.25) is 4.57 Å². The second-order valence-corrected chi connectivity index (χ2v) is 10.4. The van der Waals surface area contributed by atoms with Gasteiger partial charge in [-0.05, 0) is 49.3 Å². The van der Waals surface area contributed by atoms with E-state index in [1.54, 1.807) is 34.4 Å². The van der Waals surface area contributed by atoms with Crippen molar-refractivity contribution in [3.8, 4) is 21.5 Å². The van der Waals surface area contributed by atoms with Crippen LogP contribution < -0.4 is 0 Å². The smallest absolute Gasteiger partial charge is 0.257 e. The van der Waals surface area contributed by atoms with Gasteiger partial charge in [0.25, 0.3) is 5.89 Å². The van der Waals surface area contributed by atoms with Crippen molar-refractivity contribution in [2.75, 3.05) is 6.61 Å². The molecule has 31 heavy (non-hydrogen) atoms. The highest BCUT2D eigenvalue weighted by atomic mass is 32.2. The van der Waals surface area contributed by atoms with Crippen LogP contribution in [0.2, 0.25) is 0 Å². The second-order valence-electron chi connectivity index (χ2n) is 7.39. The van der Waals surface area contributed by atoms with E-state index < -0.39 is 0 Å². The maximum absolute atomic E-state index is 5.94. The van der Waals surface area contributed by atoms with Gasteiger partial charge in [0.05, 0.1) is 28.2 Å². The van der Waals surface area contributed by atoms with Crippen molar-refractivity contribution in [2.45, 2.75) is 56.7 Å². The number of thiophene rings is 2. The lowest BCUT2D eigenvalue weighted by atomic mass is 10.2. The summed E-state index contributed by atoms with van der Waals surface area (Å²) in [5.74, 6) is 2.61. The van der Waals surface area contributed by atoms with Crippen molar-refractivity contribution >= 4 is 34.4 Å². The van der Waals surface area contributed by atoms with Crippen molar-refractivity contribution in [3.05, 3.63) is 39.9 Å². The van der Waals surface area contributed by atoms with Crippen LogP contribution in [0.25, 0.3) is 21.5 Å². The molecule has 0 N–H and O–H groups in total. The van der Waals surface area contributed by atoms with Crippen LogP contribution >= 0.6 is 34.4 Å². The molecule has 0 spiro atoms. The van der Waals surface area contributed by atoms with Gasteiger partial charge < -0.3 is 9.15 Å². The molecule has 5 heterocycles. The lowest BCUT2D eigenvalue weighted by molar-refractivity contribution is 0.0953. The van der Waals surface area contributed by atoms with Gasteiger partial charge in [-0.2, -0.15) is 0 Å². The quantitative estimate of drug-likeness (QED) is 0.314. The van der Waals surface area contributed by atoms with Gasteiger partial charge in [0.15, 0.2) is 11.0 Å². The highest BCUT2D eigenvalue weighted by Gasteiger charge is 2.23. The van der Waals surface area contributed by atoms with E-state index in [0.717, 1.165) is 53.1 Å². The maximum atomic E-state index is 5.94. The minimum atomic E-state index is 0.207. The van der Waals surface area contributed by atoms with Crippen molar-refractivity contribution in [3.63, 3.8) is 0 Å². The average Bonchev–Trinajstić information content (AvgIpc) is 3.57. The molecule has 1 atom stereocenters. The zero-order valence-electron chi connectivity index (χ0n) is 17.4. The molecule has 5 rings (SSSR count). The Morgan fingerprint density at radius 3 is 2.90 bits per heavy atom. The largest absolute Gasteiger partial charge is 0.419 e. The minimum Gasteiger partial charge on any atom is -0.419 e. The number of aromatic nitrogens is 5. The van der Waals surface area contributed by atoms with E-state index >= 15 is 0 Å². The summed E-state index contributed by atoms with van der Waals surface area (Å²) in [6, 6.07) is 6.24. The Hall–Kier alpha value is -2.01. The zero-order valence-corrected chi connectivity index (χ0v) is 19.9. The molecule has 0 bridgehead atoms. The van der Waals surface area contributed by atoms with Gasteiger partial charge in [-0.25, -0.2) is 0 Å². The predicted molar refractivity (Wildman–Crippen MR) is 124 cm³/mol. The van der Waals surface area contributed by atoms with E-state index in [1.807, 2.05) is 6.07 Å². The number of thioether (sulfide) groups is 1. The van der Waals surface area contributed by atoms with Gasteiger partial charge in [0.1, 0.15) is 0 Å². The SMILES string of the molecule is CCc1sc(-c2nnc(CSc3nnc(-c4cccs4)n3C[C@@H]3CCCO3)o2)cc1C. The molecule has 1 aliphatic heterocycles. The molecular formula is C21H23N5O2S3. The molecule has 0 radical (unpaired) electrons. The molecule has 1 saturated heterocycles. The highest BCUT2D eigenvalue weighted by molar-refractivity contribution is 7.98. The van der Waals surface area contributed by atoms with Crippen molar-refractivity contribution in [2.24, 2.45) is 0 Å². The summed E-state index contributed by atoms with van der Waals surface area (Å²) in [5.41, 5.74) is 1.28. The van der Waals surface area contributed by atoms with E-state index in [-0.39, 0.29) is 6.10 Å². The summed E-state index contributed by atoms with van der Waals surface area (Å²) < 4.78 is 14.0. The second kappa shape index (κ2) is 9.23. The number of nitrogens with zero attached hydrogens (tertiary/aromatic N) is 5. The summed E-state index contributed by atoms with van der Waals surface area (Å²) in [7, 11) is 0. The summed E-state index contributed by atoms with van der Waals surface area (Å²) in [6.45, 7) is 5.87. The number of aryl methyl sites for hydroxylation is 2. The van der Waals surface area contributed by atoms with Gasteiger partial charge in [-0.15, -0.1) is 43.1 Å². The predicted octanol–water partition coefficient (Wildman–Crippen LogP) is 5.46. The molecule has 10 heteroatoms. The minimum absolute atomic E-state index is 0.207. The van der Waals surface area contributed by atoms with Crippen LogP contribution in [-0.2, 0) is 23.5 Å². The highest BCUT2D eigenvalue weighted by Crippen LogP contribution is 2.33. The molecule has 0 saturated carbocycles. The fraction of sp³-hybridized carbons (Fsp3) is 0.429. The van der Waals surface area contributed by atoms with Crippen LogP contribution in [-0.4, -0.2) is 37.7 Å². The van der Waals surface area contributed by atoms with Gasteiger partial charge >= 0.3 is 0 Å². The molecule has 0 amide bonds. The van der Waals surface area contributed by atoms with Gasteiger partial charge in [-0.1, -0.05) is 24.8 Å². The van der Waals surface area contributed by atoms with Crippen LogP contribution in [0.4, 0.5) is 0 Å². The van der Waals surface area contributed by atoms with Crippen molar-refractivity contribution in [1.82, 2.24) is 25.0 Å². The van der Waals surface area contributed by atoms with Crippen LogP contribution in [0.1, 0.15) is 36.1 Å². The summed E-state index contributed by atoms with van der Waals surface area (Å²) >= 11 is 4.96. The zero-order chi connectivity index (χ0) is 21.2. The monoisotopic (exact) mass is 473 g/mol. The Morgan fingerprint density at radius 2 is 2.16 bits per heavy atom. The first-order valence-corrected chi connectivity index (χ1v) is 13.0. The third kappa shape index (κ3) is 4.48. The van der Waals surface area contributed by atoms with E-state index in [4.69, 9.17) is 9.15 Å². The molecule has 1 fully saturated rings. The Bertz CT molecular complexity index is 1140. The Labute approximate surface area is 192 Å². The summed E-state index contributed by atoms with van der Waals surface area (Å²) in [5, 5.41) is 20.3. The van der Waals surface area contributed by atoms with Crippen molar-refractivity contribution < 1.29 is 9.15 Å². The molecule has 0 unspecified atom stereocenters. The van der Waals surface area contributed by atoms with Crippen LogP contribution in [0.5, 0.6) is 0 Å². The van der Waals surface area contributed by atoms with Crippen molar-refractivity contribution in [1.29, 1.82) is 0 Å². The fourth-order valence-electron chi connectivity index (χ4n) is 3.65. The van der Waals surface area contributed by atoms with Crippen LogP contribution in [0, 0.1) is 6.92 Å². The number of hydrogen-bond donors (Lipinski definition) is 0. The van der Waals surface area contributed by atoms with E-state index in [1.165, 1.54) is 10.4 Å². The number of hydrogen-bond acceptors (Lipinski definition) is 9. The molecule has 4 aromatic rings. The molecule has 4 aromatic heterocycles. The maximum Gasteiger partial charge on any atom is 0.257 e. The third-order valence-electron chi connectivity index (χ3n) is 5.21. The molecule has 162 valence electrons. The molecular weight excluding hydrogens is 450 g/mol. The number of rotatable bonds is 8.